The molecule has 1 aliphatic carbocycles. The third-order valence-corrected chi connectivity index (χ3v) is 14.9. The van der Waals surface area contributed by atoms with Crippen molar-refractivity contribution in [2.45, 2.75) is 25.9 Å². The first-order chi connectivity index (χ1) is 14.1. The molecule has 1 aliphatic rings. The topological polar surface area (TPSA) is 0 Å². The molecule has 4 aromatic carbocycles. The van der Waals surface area contributed by atoms with Gasteiger partial charge in [0.15, 0.2) is 0 Å². The third-order valence-electron chi connectivity index (χ3n) is 6.21. The van der Waals surface area contributed by atoms with E-state index in [-0.39, 0.29) is 0 Å². The van der Waals surface area contributed by atoms with E-state index in [1.165, 1.54) is 28.8 Å². The van der Waals surface area contributed by atoms with E-state index in [0.717, 1.165) is 0 Å². The summed E-state index contributed by atoms with van der Waals surface area (Å²) in [6.07, 6.45) is 2.37. The number of aryl methyl sites for hydroxylation is 2. The molecule has 3 heteroatoms. The Morgan fingerprint density at radius 1 is 0.655 bits per heavy atom. The van der Waals surface area contributed by atoms with Crippen LogP contribution in [0.3, 0.4) is 0 Å². The monoisotopic (exact) mass is 476 g/mol. The summed E-state index contributed by atoms with van der Waals surface area (Å²) in [4.78, 5) is 0. The average molecular weight is 476 g/mol. The SMILES string of the molecule is C[SiH](C)c1ccc2c3c(ccc(P(=[Se])(c4ccccc4)c4ccccc4)c13)CC2. The second kappa shape index (κ2) is 7.53. The van der Waals surface area contributed by atoms with E-state index < -0.39 is 14.3 Å². The summed E-state index contributed by atoms with van der Waals surface area (Å²) in [6.45, 7) is 4.93. The van der Waals surface area contributed by atoms with Crippen LogP contribution in [0.5, 0.6) is 0 Å². The first-order valence-corrected chi connectivity index (χ1v) is 17.3. The molecule has 0 unspecified atom stereocenters. The van der Waals surface area contributed by atoms with Crippen LogP contribution in [0.15, 0.2) is 84.9 Å². The molecule has 29 heavy (non-hydrogen) atoms. The molecule has 0 amide bonds. The van der Waals surface area contributed by atoms with Crippen molar-refractivity contribution < 1.29 is 0 Å². The molecule has 0 radical (unpaired) electrons. The van der Waals surface area contributed by atoms with Crippen LogP contribution in [0.2, 0.25) is 13.1 Å². The third kappa shape index (κ3) is 3.06. The average Bonchev–Trinajstić information content (AvgIpc) is 3.19. The second-order valence-electron chi connectivity index (χ2n) is 8.24. The maximum absolute atomic E-state index is 3.78. The van der Waals surface area contributed by atoms with Gasteiger partial charge >= 0.3 is 183 Å². The van der Waals surface area contributed by atoms with Gasteiger partial charge in [-0.25, -0.2) is 0 Å². The zero-order valence-electron chi connectivity index (χ0n) is 16.9. The first-order valence-electron chi connectivity index (χ1n) is 10.4. The van der Waals surface area contributed by atoms with E-state index in [1.807, 2.05) is 0 Å². The quantitative estimate of drug-likeness (QED) is 0.309. The van der Waals surface area contributed by atoms with Crippen molar-refractivity contribution in [3.05, 3.63) is 96.1 Å². The Bertz CT molecular complexity index is 1190. The van der Waals surface area contributed by atoms with Crippen LogP contribution >= 0.6 is 5.51 Å². The Kier molecular flexibility index (Phi) is 5.00. The van der Waals surface area contributed by atoms with E-state index >= 15 is 0 Å². The molecule has 0 atom stereocenters. The van der Waals surface area contributed by atoms with Crippen LogP contribution < -0.4 is 21.1 Å². The Morgan fingerprint density at radius 3 is 1.69 bits per heavy atom. The molecule has 0 saturated carbocycles. The predicted octanol–water partition coefficient (Wildman–Crippen LogP) is 4.01. The van der Waals surface area contributed by atoms with Gasteiger partial charge in [0.25, 0.3) is 0 Å². The summed E-state index contributed by atoms with van der Waals surface area (Å²) in [5.74, 6) is 0. The zero-order chi connectivity index (χ0) is 20.0. The van der Waals surface area contributed by atoms with Crippen molar-refractivity contribution in [2.24, 2.45) is 0 Å². The van der Waals surface area contributed by atoms with Gasteiger partial charge in [0, 0.05) is 0 Å². The maximum atomic E-state index is 3.78. The van der Waals surface area contributed by atoms with Crippen molar-refractivity contribution in [1.29, 1.82) is 0 Å². The van der Waals surface area contributed by atoms with E-state index in [4.69, 9.17) is 0 Å². The van der Waals surface area contributed by atoms with Crippen LogP contribution in [0.4, 0.5) is 0 Å². The standard InChI is InChI=1S/C26H25PSeSi/c1-29(2)24-18-16-20-14-13-19-15-17-23(26(24)25(19)20)27(28,21-9-5-3-6-10-21)22-11-7-4-8-12-22/h3-12,15-18,29H,13-14H2,1-2H3. The van der Waals surface area contributed by atoms with Crippen LogP contribution in [-0.4, -0.2) is 23.9 Å². The van der Waals surface area contributed by atoms with Gasteiger partial charge in [-0.15, -0.1) is 0 Å². The van der Waals surface area contributed by atoms with Crippen molar-refractivity contribution >= 4 is 61.3 Å². The Balaban J connectivity index is 1.94. The van der Waals surface area contributed by atoms with E-state index in [9.17, 15) is 0 Å². The molecule has 0 nitrogen and oxygen atoms in total. The minimum absolute atomic E-state index is 0.976. The number of hydrogen-bond acceptors (Lipinski definition) is 0. The van der Waals surface area contributed by atoms with Gasteiger partial charge in [0.2, 0.25) is 0 Å². The molecule has 5 rings (SSSR count). The van der Waals surface area contributed by atoms with Crippen molar-refractivity contribution in [2.75, 3.05) is 0 Å². The van der Waals surface area contributed by atoms with Crippen LogP contribution in [0.25, 0.3) is 10.8 Å². The molecular formula is C26H25PSeSi. The molecule has 144 valence electrons. The van der Waals surface area contributed by atoms with Crippen LogP contribution in [0, 0.1) is 0 Å². The fourth-order valence-corrected chi connectivity index (χ4v) is 11.6. The number of rotatable bonds is 4. The Labute approximate surface area is 182 Å². The molecule has 0 aromatic heterocycles. The van der Waals surface area contributed by atoms with Gasteiger partial charge in [-0.1, -0.05) is 0 Å². The van der Waals surface area contributed by atoms with Gasteiger partial charge in [0.1, 0.15) is 0 Å². The minimum atomic E-state index is -1.85. The molecule has 0 heterocycles. The summed E-state index contributed by atoms with van der Waals surface area (Å²) >= 11 is 3.78. The number of benzene rings is 4. The molecule has 4 aromatic rings. The van der Waals surface area contributed by atoms with Gasteiger partial charge in [0.05, 0.1) is 0 Å². The van der Waals surface area contributed by atoms with E-state index in [2.05, 4.69) is 113 Å². The summed E-state index contributed by atoms with van der Waals surface area (Å²) in [6, 6.07) is 32.0. The zero-order valence-corrected chi connectivity index (χ0v) is 20.7. The summed E-state index contributed by atoms with van der Waals surface area (Å²) < 4.78 is 0. The fraction of sp³-hybridized carbons (Fsp3) is 0.154. The molecule has 0 spiro atoms. The predicted molar refractivity (Wildman–Crippen MR) is 134 cm³/mol. The normalized spacial score (nSPS) is 13.3. The van der Waals surface area contributed by atoms with E-state index in [1.54, 1.807) is 27.1 Å². The van der Waals surface area contributed by atoms with Crippen molar-refractivity contribution in [1.82, 2.24) is 0 Å². The molecular weight excluding hydrogens is 450 g/mol. The van der Waals surface area contributed by atoms with Gasteiger partial charge in [-0.3, -0.25) is 0 Å². The Morgan fingerprint density at radius 2 is 1.17 bits per heavy atom. The molecule has 0 aliphatic heterocycles. The van der Waals surface area contributed by atoms with Crippen molar-refractivity contribution in [3.8, 4) is 0 Å². The summed E-state index contributed by atoms with van der Waals surface area (Å²) in [5.41, 5.74) is 1.24. The summed E-state index contributed by atoms with van der Waals surface area (Å²) in [5, 5.41) is 9.11. The van der Waals surface area contributed by atoms with Crippen LogP contribution in [-0.2, 0) is 12.8 Å². The molecule has 0 N–H and O–H groups in total. The second-order valence-corrected chi connectivity index (χ2v) is 17.4. The van der Waals surface area contributed by atoms with Gasteiger partial charge in [-0.05, 0) is 0 Å². The Hall–Kier alpha value is -1.69. The van der Waals surface area contributed by atoms with Crippen molar-refractivity contribution in [3.63, 3.8) is 0 Å². The number of hydrogen-bond donors (Lipinski definition) is 0. The molecule has 0 saturated heterocycles. The first kappa shape index (κ1) is 19.3. The van der Waals surface area contributed by atoms with E-state index in [0.29, 0.717) is 0 Å². The van der Waals surface area contributed by atoms with Crippen LogP contribution in [0.1, 0.15) is 11.1 Å². The molecule has 0 bridgehead atoms. The molecule has 0 fully saturated rings. The van der Waals surface area contributed by atoms with Gasteiger partial charge in [-0.2, -0.15) is 0 Å². The summed E-state index contributed by atoms with van der Waals surface area (Å²) in [7, 11) is -0.976. The fourth-order valence-electron chi connectivity index (χ4n) is 4.78. The van der Waals surface area contributed by atoms with Gasteiger partial charge < -0.3 is 0 Å².